The van der Waals surface area contributed by atoms with Crippen LogP contribution in [0.2, 0.25) is 5.02 Å². The van der Waals surface area contributed by atoms with Crippen LogP contribution in [0.15, 0.2) is 42.5 Å². The Morgan fingerprint density at radius 1 is 1.22 bits per heavy atom. The summed E-state index contributed by atoms with van der Waals surface area (Å²) in [6, 6.07) is 14.5. The van der Waals surface area contributed by atoms with Crippen LogP contribution in [0.5, 0.6) is 0 Å². The van der Waals surface area contributed by atoms with E-state index in [-0.39, 0.29) is 0 Å². The Labute approximate surface area is 135 Å². The van der Waals surface area contributed by atoms with E-state index in [2.05, 4.69) is 75.8 Å². The summed E-state index contributed by atoms with van der Waals surface area (Å²) in [5.74, 6) is 0. The summed E-state index contributed by atoms with van der Waals surface area (Å²) >= 11 is 12.2. The molecule has 0 spiro atoms. The van der Waals surface area contributed by atoms with Crippen molar-refractivity contribution >= 4 is 50.1 Å². The molecule has 0 aliphatic heterocycles. The average Bonchev–Trinajstić information content (AvgIpc) is 2.35. The van der Waals surface area contributed by atoms with Crippen molar-refractivity contribution < 1.29 is 0 Å². The summed E-state index contributed by atoms with van der Waals surface area (Å²) in [7, 11) is 0. The lowest BCUT2D eigenvalue weighted by Gasteiger charge is -2.14. The number of rotatable bonds is 3. The van der Waals surface area contributed by atoms with Gasteiger partial charge in [0.25, 0.3) is 0 Å². The fourth-order valence-electron chi connectivity index (χ4n) is 1.90. The van der Waals surface area contributed by atoms with Crippen molar-refractivity contribution in [2.45, 2.75) is 18.2 Å². The van der Waals surface area contributed by atoms with Gasteiger partial charge in [0.1, 0.15) is 0 Å². The third kappa shape index (κ3) is 3.49. The molecule has 0 fully saturated rings. The molecular formula is C15H13BrClI. The van der Waals surface area contributed by atoms with E-state index in [1.807, 2.05) is 12.1 Å². The molecule has 0 aliphatic carbocycles. The summed E-state index contributed by atoms with van der Waals surface area (Å²) < 4.78 is 1.24. The zero-order valence-electron chi connectivity index (χ0n) is 9.96. The van der Waals surface area contributed by atoms with Crippen LogP contribution in [0.1, 0.15) is 21.5 Å². The predicted molar refractivity (Wildman–Crippen MR) is 90.7 cm³/mol. The van der Waals surface area contributed by atoms with Gasteiger partial charge in [-0.15, -0.1) is 0 Å². The first-order chi connectivity index (χ1) is 8.58. The maximum atomic E-state index is 6.07. The molecule has 2 aromatic carbocycles. The Morgan fingerprint density at radius 2 is 1.94 bits per heavy atom. The van der Waals surface area contributed by atoms with Crippen molar-refractivity contribution in [3.8, 4) is 0 Å². The van der Waals surface area contributed by atoms with E-state index < -0.39 is 0 Å². The number of aryl methyl sites for hydroxylation is 1. The first kappa shape index (κ1) is 14.4. The van der Waals surface area contributed by atoms with Gasteiger partial charge in [-0.2, -0.15) is 0 Å². The van der Waals surface area contributed by atoms with Gasteiger partial charge >= 0.3 is 0 Å². The van der Waals surface area contributed by atoms with E-state index in [1.54, 1.807) is 0 Å². The molecule has 2 aromatic rings. The van der Waals surface area contributed by atoms with Crippen molar-refractivity contribution in [2.75, 3.05) is 0 Å². The highest BCUT2D eigenvalue weighted by molar-refractivity contribution is 14.1. The van der Waals surface area contributed by atoms with Gasteiger partial charge in [-0.25, -0.2) is 0 Å². The standard InChI is InChI=1S/C15H13BrClI/c1-10-4-2-3-5-11(10)8-14(16)13-9-12(17)6-7-15(13)18/h2-7,9,14H,8H2,1H3. The number of hydrogen-bond acceptors (Lipinski definition) is 0. The Hall–Kier alpha value is -0.0600. The average molecular weight is 436 g/mol. The zero-order chi connectivity index (χ0) is 13.1. The third-order valence-corrected chi connectivity index (χ3v) is 4.99. The molecule has 1 atom stereocenters. The molecule has 2 rings (SSSR count). The van der Waals surface area contributed by atoms with Gasteiger partial charge in [0, 0.05) is 13.4 Å². The number of hydrogen-bond donors (Lipinski definition) is 0. The van der Waals surface area contributed by atoms with Crippen molar-refractivity contribution in [1.82, 2.24) is 0 Å². The lowest BCUT2D eigenvalue weighted by atomic mass is 10.0. The third-order valence-electron chi connectivity index (χ3n) is 2.96. The molecule has 0 radical (unpaired) electrons. The summed E-state index contributed by atoms with van der Waals surface area (Å²) in [6.45, 7) is 2.15. The number of halogens is 3. The molecule has 0 nitrogen and oxygen atoms in total. The Morgan fingerprint density at radius 3 is 2.67 bits per heavy atom. The minimum Gasteiger partial charge on any atom is -0.0843 e. The molecule has 0 aromatic heterocycles. The molecule has 18 heavy (non-hydrogen) atoms. The SMILES string of the molecule is Cc1ccccc1CC(Br)c1cc(Cl)ccc1I. The van der Waals surface area contributed by atoms with Crippen LogP contribution in [-0.2, 0) is 6.42 Å². The smallest absolute Gasteiger partial charge is 0.0446 e. The molecule has 0 heterocycles. The number of benzene rings is 2. The fourth-order valence-corrected chi connectivity index (χ4v) is 3.94. The lowest BCUT2D eigenvalue weighted by molar-refractivity contribution is 0.933. The molecule has 94 valence electrons. The van der Waals surface area contributed by atoms with Gasteiger partial charge in [-0.05, 0) is 70.8 Å². The highest BCUT2D eigenvalue weighted by atomic mass is 127. The Balaban J connectivity index is 2.25. The molecule has 3 heteroatoms. The minimum absolute atomic E-state index is 0.296. The summed E-state index contributed by atoms with van der Waals surface area (Å²) in [5.41, 5.74) is 3.96. The molecule has 0 saturated heterocycles. The monoisotopic (exact) mass is 434 g/mol. The quantitative estimate of drug-likeness (QED) is 0.414. The van der Waals surface area contributed by atoms with Crippen molar-refractivity contribution in [3.05, 3.63) is 67.7 Å². The molecule has 0 aliphatic rings. The zero-order valence-corrected chi connectivity index (χ0v) is 14.5. The van der Waals surface area contributed by atoms with Gasteiger partial charge in [0.15, 0.2) is 0 Å². The van der Waals surface area contributed by atoms with E-state index in [0.717, 1.165) is 11.4 Å². The second-order valence-corrected chi connectivity index (χ2v) is 6.97. The van der Waals surface area contributed by atoms with E-state index in [1.165, 1.54) is 20.3 Å². The fraction of sp³-hybridized carbons (Fsp3) is 0.200. The van der Waals surface area contributed by atoms with Gasteiger partial charge < -0.3 is 0 Å². The maximum absolute atomic E-state index is 6.07. The topological polar surface area (TPSA) is 0 Å². The Kier molecular flexibility index (Phi) is 5.10. The number of alkyl halides is 1. The van der Waals surface area contributed by atoms with Crippen LogP contribution in [0, 0.1) is 10.5 Å². The van der Waals surface area contributed by atoms with Gasteiger partial charge in [-0.3, -0.25) is 0 Å². The lowest BCUT2D eigenvalue weighted by Crippen LogP contribution is -1.99. The van der Waals surface area contributed by atoms with Gasteiger partial charge in [-0.1, -0.05) is 51.8 Å². The molecule has 0 amide bonds. The summed E-state index contributed by atoms with van der Waals surface area (Å²) in [4.78, 5) is 0.296. The van der Waals surface area contributed by atoms with Crippen LogP contribution in [-0.4, -0.2) is 0 Å². The highest BCUT2D eigenvalue weighted by Gasteiger charge is 2.13. The second kappa shape index (κ2) is 6.40. The van der Waals surface area contributed by atoms with Gasteiger partial charge in [0.2, 0.25) is 0 Å². The molecule has 0 saturated carbocycles. The summed E-state index contributed by atoms with van der Waals surface area (Å²) in [5, 5.41) is 0.791. The molecule has 0 bridgehead atoms. The first-order valence-electron chi connectivity index (χ1n) is 5.71. The molecular weight excluding hydrogens is 422 g/mol. The van der Waals surface area contributed by atoms with Crippen LogP contribution in [0.4, 0.5) is 0 Å². The highest BCUT2D eigenvalue weighted by Crippen LogP contribution is 2.32. The van der Waals surface area contributed by atoms with Crippen LogP contribution < -0.4 is 0 Å². The first-order valence-corrected chi connectivity index (χ1v) is 8.08. The van der Waals surface area contributed by atoms with E-state index in [9.17, 15) is 0 Å². The van der Waals surface area contributed by atoms with Crippen molar-refractivity contribution in [3.63, 3.8) is 0 Å². The maximum Gasteiger partial charge on any atom is 0.0446 e. The van der Waals surface area contributed by atoms with Crippen molar-refractivity contribution in [1.29, 1.82) is 0 Å². The Bertz CT molecular complexity index is 554. The van der Waals surface area contributed by atoms with E-state index >= 15 is 0 Å². The van der Waals surface area contributed by atoms with Crippen LogP contribution in [0.3, 0.4) is 0 Å². The summed E-state index contributed by atoms with van der Waals surface area (Å²) in [6.07, 6.45) is 0.975. The molecule has 1 unspecified atom stereocenters. The molecule has 0 N–H and O–H groups in total. The second-order valence-electron chi connectivity index (χ2n) is 4.26. The van der Waals surface area contributed by atoms with Gasteiger partial charge in [0.05, 0.1) is 0 Å². The predicted octanol–water partition coefficient (Wildman–Crippen LogP) is 5.93. The van der Waals surface area contributed by atoms with E-state index in [0.29, 0.717) is 4.83 Å². The van der Waals surface area contributed by atoms with Crippen molar-refractivity contribution in [2.24, 2.45) is 0 Å². The van der Waals surface area contributed by atoms with Crippen LogP contribution >= 0.6 is 50.1 Å². The minimum atomic E-state index is 0.296. The van der Waals surface area contributed by atoms with E-state index in [4.69, 9.17) is 11.6 Å². The normalized spacial score (nSPS) is 12.4. The largest absolute Gasteiger partial charge is 0.0843 e. The van der Waals surface area contributed by atoms with Crippen LogP contribution in [0.25, 0.3) is 0 Å².